The summed E-state index contributed by atoms with van der Waals surface area (Å²) < 4.78 is 1.96. The SMILES string of the molecule is CC(C1CC1)n1nnc(C(N)=O)c1C1CCC1. The lowest BCUT2D eigenvalue weighted by atomic mass is 9.81. The average Bonchev–Trinajstić information content (AvgIpc) is 2.96. The van der Waals surface area contributed by atoms with Crippen LogP contribution in [0.4, 0.5) is 0 Å². The molecule has 0 aliphatic heterocycles. The standard InChI is InChI=1S/C12H18N4O/c1-7(8-5-6-8)16-11(9-3-2-4-9)10(12(13)17)14-15-16/h7-9H,2-6H2,1H3,(H2,13,17). The fourth-order valence-electron chi connectivity index (χ4n) is 2.62. The Labute approximate surface area is 100 Å². The van der Waals surface area contributed by atoms with Crippen molar-refractivity contribution >= 4 is 5.91 Å². The smallest absolute Gasteiger partial charge is 0.271 e. The van der Waals surface area contributed by atoms with Gasteiger partial charge in [-0.05, 0) is 38.5 Å². The average molecular weight is 234 g/mol. The summed E-state index contributed by atoms with van der Waals surface area (Å²) in [5, 5.41) is 8.16. The molecule has 2 aliphatic rings. The molecule has 3 rings (SSSR count). The van der Waals surface area contributed by atoms with Crippen LogP contribution in [0.3, 0.4) is 0 Å². The number of nitrogens with zero attached hydrogens (tertiary/aromatic N) is 3. The third-order valence-electron chi connectivity index (χ3n) is 4.15. The Bertz CT molecular complexity index is 445. The zero-order chi connectivity index (χ0) is 12.0. The van der Waals surface area contributed by atoms with Crippen LogP contribution >= 0.6 is 0 Å². The van der Waals surface area contributed by atoms with Crippen molar-refractivity contribution < 1.29 is 4.79 Å². The molecular formula is C12H18N4O. The van der Waals surface area contributed by atoms with Crippen LogP contribution in [0.1, 0.15) is 67.2 Å². The van der Waals surface area contributed by atoms with Gasteiger partial charge >= 0.3 is 0 Å². The summed E-state index contributed by atoms with van der Waals surface area (Å²) in [6.45, 7) is 2.17. The van der Waals surface area contributed by atoms with E-state index in [0.29, 0.717) is 23.6 Å². The molecule has 0 bridgehead atoms. The Kier molecular flexibility index (Phi) is 2.42. The molecule has 5 heteroatoms. The number of rotatable bonds is 4. The normalized spacial score (nSPS) is 22.2. The fraction of sp³-hybridized carbons (Fsp3) is 0.750. The van der Waals surface area contributed by atoms with E-state index < -0.39 is 5.91 Å². The van der Waals surface area contributed by atoms with Crippen LogP contribution < -0.4 is 5.73 Å². The van der Waals surface area contributed by atoms with Gasteiger partial charge in [-0.25, -0.2) is 4.68 Å². The molecule has 1 atom stereocenters. The van der Waals surface area contributed by atoms with E-state index in [1.807, 2.05) is 4.68 Å². The van der Waals surface area contributed by atoms with E-state index in [0.717, 1.165) is 18.5 Å². The van der Waals surface area contributed by atoms with E-state index in [9.17, 15) is 4.79 Å². The van der Waals surface area contributed by atoms with Gasteiger partial charge < -0.3 is 5.73 Å². The van der Waals surface area contributed by atoms with E-state index in [1.165, 1.54) is 19.3 Å². The molecule has 1 amide bonds. The number of aromatic nitrogens is 3. The van der Waals surface area contributed by atoms with Crippen molar-refractivity contribution in [2.45, 2.75) is 51.0 Å². The second kappa shape index (κ2) is 3.82. The first kappa shape index (κ1) is 10.7. The molecule has 17 heavy (non-hydrogen) atoms. The van der Waals surface area contributed by atoms with Gasteiger partial charge in [-0.15, -0.1) is 5.10 Å². The highest BCUT2D eigenvalue weighted by Crippen LogP contribution is 2.43. The third-order valence-corrected chi connectivity index (χ3v) is 4.15. The quantitative estimate of drug-likeness (QED) is 0.860. The van der Waals surface area contributed by atoms with Crippen LogP contribution in [0.15, 0.2) is 0 Å². The molecule has 0 aromatic carbocycles. The molecule has 92 valence electrons. The number of amides is 1. The summed E-state index contributed by atoms with van der Waals surface area (Å²) in [5.74, 6) is 0.700. The number of primary amides is 1. The summed E-state index contributed by atoms with van der Waals surface area (Å²) in [7, 11) is 0. The zero-order valence-electron chi connectivity index (χ0n) is 10.1. The molecule has 2 N–H and O–H groups in total. The van der Waals surface area contributed by atoms with Crippen molar-refractivity contribution in [1.82, 2.24) is 15.0 Å². The van der Waals surface area contributed by atoms with Crippen LogP contribution in [0, 0.1) is 5.92 Å². The highest BCUT2D eigenvalue weighted by Gasteiger charge is 2.36. The molecule has 0 spiro atoms. The van der Waals surface area contributed by atoms with Crippen molar-refractivity contribution in [3.63, 3.8) is 0 Å². The molecule has 1 unspecified atom stereocenters. The first-order valence-electron chi connectivity index (χ1n) is 6.43. The molecule has 1 aromatic heterocycles. The molecule has 2 fully saturated rings. The molecule has 2 saturated carbocycles. The summed E-state index contributed by atoms with van der Waals surface area (Å²) >= 11 is 0. The van der Waals surface area contributed by atoms with Crippen molar-refractivity contribution in [2.24, 2.45) is 11.7 Å². The second-order valence-corrected chi connectivity index (χ2v) is 5.34. The first-order valence-corrected chi connectivity index (χ1v) is 6.43. The number of nitrogens with two attached hydrogens (primary N) is 1. The van der Waals surface area contributed by atoms with Crippen molar-refractivity contribution in [2.75, 3.05) is 0 Å². The van der Waals surface area contributed by atoms with E-state index in [2.05, 4.69) is 17.2 Å². The summed E-state index contributed by atoms with van der Waals surface area (Å²) in [6, 6.07) is 0.353. The lowest BCUT2D eigenvalue weighted by Crippen LogP contribution is -2.23. The topological polar surface area (TPSA) is 73.8 Å². The van der Waals surface area contributed by atoms with Gasteiger partial charge in [0.2, 0.25) is 0 Å². The maximum atomic E-state index is 11.4. The van der Waals surface area contributed by atoms with Gasteiger partial charge in [-0.3, -0.25) is 4.79 Å². The number of hydrogen-bond acceptors (Lipinski definition) is 3. The van der Waals surface area contributed by atoms with E-state index in [4.69, 9.17) is 5.73 Å². The molecule has 0 radical (unpaired) electrons. The zero-order valence-corrected chi connectivity index (χ0v) is 10.1. The minimum absolute atomic E-state index is 0.353. The maximum absolute atomic E-state index is 11.4. The summed E-state index contributed by atoms with van der Waals surface area (Å²) in [5.41, 5.74) is 6.76. The van der Waals surface area contributed by atoms with Crippen LogP contribution in [0.5, 0.6) is 0 Å². The van der Waals surface area contributed by atoms with E-state index in [-0.39, 0.29) is 0 Å². The Morgan fingerprint density at radius 1 is 1.41 bits per heavy atom. The Morgan fingerprint density at radius 2 is 2.12 bits per heavy atom. The predicted octanol–water partition coefficient (Wildman–Crippen LogP) is 1.62. The van der Waals surface area contributed by atoms with E-state index >= 15 is 0 Å². The first-order chi connectivity index (χ1) is 8.18. The molecule has 5 nitrogen and oxygen atoms in total. The lowest BCUT2D eigenvalue weighted by molar-refractivity contribution is 0.0993. The Hall–Kier alpha value is -1.39. The highest BCUT2D eigenvalue weighted by molar-refractivity contribution is 5.92. The van der Waals surface area contributed by atoms with Crippen molar-refractivity contribution in [1.29, 1.82) is 0 Å². The van der Waals surface area contributed by atoms with Crippen LogP contribution in [0.25, 0.3) is 0 Å². The second-order valence-electron chi connectivity index (χ2n) is 5.34. The van der Waals surface area contributed by atoms with Crippen molar-refractivity contribution in [3.8, 4) is 0 Å². The van der Waals surface area contributed by atoms with Gasteiger partial charge in [0.25, 0.3) is 5.91 Å². The number of carbonyl (C=O) groups is 1. The summed E-state index contributed by atoms with van der Waals surface area (Å²) in [4.78, 5) is 11.4. The lowest BCUT2D eigenvalue weighted by Gasteiger charge is -2.27. The summed E-state index contributed by atoms with van der Waals surface area (Å²) in [6.07, 6.45) is 6.01. The largest absolute Gasteiger partial charge is 0.364 e. The van der Waals surface area contributed by atoms with Gasteiger partial charge in [-0.2, -0.15) is 0 Å². The molecule has 2 aliphatic carbocycles. The van der Waals surface area contributed by atoms with Gasteiger partial charge in [0, 0.05) is 5.92 Å². The molecule has 1 heterocycles. The van der Waals surface area contributed by atoms with E-state index in [1.54, 1.807) is 0 Å². The monoisotopic (exact) mass is 234 g/mol. The molecule has 1 aromatic rings. The Balaban J connectivity index is 1.98. The minimum atomic E-state index is -0.443. The van der Waals surface area contributed by atoms with Gasteiger partial charge in [0.05, 0.1) is 11.7 Å². The highest BCUT2D eigenvalue weighted by atomic mass is 16.1. The van der Waals surface area contributed by atoms with Crippen LogP contribution in [0.2, 0.25) is 0 Å². The predicted molar refractivity (Wildman–Crippen MR) is 62.6 cm³/mol. The van der Waals surface area contributed by atoms with Gasteiger partial charge in [0.15, 0.2) is 5.69 Å². The minimum Gasteiger partial charge on any atom is -0.364 e. The Morgan fingerprint density at radius 3 is 2.59 bits per heavy atom. The number of hydrogen-bond donors (Lipinski definition) is 1. The van der Waals surface area contributed by atoms with Crippen LogP contribution in [-0.2, 0) is 0 Å². The molecular weight excluding hydrogens is 216 g/mol. The number of carbonyl (C=O) groups excluding carboxylic acids is 1. The van der Waals surface area contributed by atoms with Gasteiger partial charge in [-0.1, -0.05) is 11.6 Å². The van der Waals surface area contributed by atoms with Crippen LogP contribution in [-0.4, -0.2) is 20.9 Å². The maximum Gasteiger partial charge on any atom is 0.271 e. The van der Waals surface area contributed by atoms with Crippen molar-refractivity contribution in [3.05, 3.63) is 11.4 Å². The third kappa shape index (κ3) is 1.73. The van der Waals surface area contributed by atoms with Gasteiger partial charge in [0.1, 0.15) is 0 Å². The fourth-order valence-corrected chi connectivity index (χ4v) is 2.62. The molecule has 0 saturated heterocycles.